The van der Waals surface area contributed by atoms with E-state index in [1.54, 1.807) is 25.3 Å². The first-order chi connectivity index (χ1) is 10.2. The van der Waals surface area contributed by atoms with Gasteiger partial charge in [-0.3, -0.25) is 0 Å². The first-order valence-corrected chi connectivity index (χ1v) is 6.75. The van der Waals surface area contributed by atoms with E-state index in [-0.39, 0.29) is 18.3 Å². The van der Waals surface area contributed by atoms with Gasteiger partial charge in [-0.05, 0) is 36.4 Å². The van der Waals surface area contributed by atoms with Crippen molar-refractivity contribution >= 4 is 11.6 Å². The molecule has 2 aromatic carbocycles. The molecule has 0 saturated heterocycles. The van der Waals surface area contributed by atoms with E-state index in [2.05, 4.69) is 6.07 Å². The molecule has 0 heterocycles. The molecule has 108 valence electrons. The van der Waals surface area contributed by atoms with Crippen molar-refractivity contribution in [3.05, 3.63) is 58.9 Å². The van der Waals surface area contributed by atoms with E-state index in [0.29, 0.717) is 22.6 Å². The van der Waals surface area contributed by atoms with E-state index < -0.39 is 0 Å². The minimum absolute atomic E-state index is 0.155. The highest BCUT2D eigenvalue weighted by Crippen LogP contribution is 2.25. The number of rotatable bonds is 5. The van der Waals surface area contributed by atoms with Crippen LogP contribution in [0.2, 0.25) is 0 Å². The second kappa shape index (κ2) is 6.96. The topological polar surface area (TPSA) is 42.2 Å². The molecule has 0 radical (unpaired) electrons. The summed E-state index contributed by atoms with van der Waals surface area (Å²) in [6.45, 7) is 0.203. The fraction of sp³-hybridized carbons (Fsp3) is 0.188. The summed E-state index contributed by atoms with van der Waals surface area (Å²) in [7, 11) is 1.55. The van der Waals surface area contributed by atoms with Gasteiger partial charge in [0.25, 0.3) is 0 Å². The van der Waals surface area contributed by atoms with Gasteiger partial charge in [0.15, 0.2) is 0 Å². The third-order valence-corrected chi connectivity index (χ3v) is 3.25. The maximum Gasteiger partial charge on any atom is 0.125 e. The fourth-order valence-corrected chi connectivity index (χ4v) is 2.12. The highest BCUT2D eigenvalue weighted by atomic mass is 35.5. The quantitative estimate of drug-likeness (QED) is 0.783. The molecule has 0 amide bonds. The molecule has 5 heteroatoms. The van der Waals surface area contributed by atoms with Crippen LogP contribution in [0, 0.1) is 17.1 Å². The Morgan fingerprint density at radius 1 is 1.14 bits per heavy atom. The first kappa shape index (κ1) is 15.1. The van der Waals surface area contributed by atoms with Gasteiger partial charge in [-0.1, -0.05) is 0 Å². The van der Waals surface area contributed by atoms with Gasteiger partial charge in [0.2, 0.25) is 0 Å². The summed E-state index contributed by atoms with van der Waals surface area (Å²) in [4.78, 5) is 0. The molecular weight excluding hydrogens is 293 g/mol. The van der Waals surface area contributed by atoms with Crippen molar-refractivity contribution in [1.29, 1.82) is 5.26 Å². The van der Waals surface area contributed by atoms with Crippen LogP contribution in [0.25, 0.3) is 0 Å². The number of nitriles is 1. The Kier molecular flexibility index (Phi) is 5.02. The van der Waals surface area contributed by atoms with Gasteiger partial charge in [-0.2, -0.15) is 5.26 Å². The number of alkyl halides is 1. The molecule has 0 aliphatic rings. The average Bonchev–Trinajstić information content (AvgIpc) is 2.53. The Hall–Kier alpha value is -2.25. The van der Waals surface area contributed by atoms with E-state index in [1.165, 1.54) is 18.2 Å². The molecule has 0 aliphatic carbocycles. The predicted octanol–water partition coefficient (Wildman–Crippen LogP) is 4.02. The van der Waals surface area contributed by atoms with E-state index in [0.717, 1.165) is 5.56 Å². The second-order valence-corrected chi connectivity index (χ2v) is 4.58. The molecular formula is C16H13ClFNO2. The van der Waals surface area contributed by atoms with Crippen LogP contribution < -0.4 is 9.47 Å². The largest absolute Gasteiger partial charge is 0.496 e. The third-order valence-electron chi connectivity index (χ3n) is 2.96. The van der Waals surface area contributed by atoms with E-state index >= 15 is 0 Å². The molecule has 0 unspecified atom stereocenters. The van der Waals surface area contributed by atoms with Gasteiger partial charge in [0.1, 0.15) is 23.9 Å². The molecule has 0 atom stereocenters. The Labute approximate surface area is 127 Å². The summed E-state index contributed by atoms with van der Waals surface area (Å²) in [5.41, 5.74) is 1.83. The summed E-state index contributed by atoms with van der Waals surface area (Å²) < 4.78 is 24.0. The number of ether oxygens (including phenoxy) is 2. The van der Waals surface area contributed by atoms with Crippen LogP contribution in [0.15, 0.2) is 36.4 Å². The highest BCUT2D eigenvalue weighted by Gasteiger charge is 2.08. The smallest absolute Gasteiger partial charge is 0.125 e. The molecule has 0 aliphatic heterocycles. The van der Waals surface area contributed by atoms with Gasteiger partial charge in [-0.15, -0.1) is 11.6 Å². The second-order valence-electron chi connectivity index (χ2n) is 4.31. The van der Waals surface area contributed by atoms with Crippen molar-refractivity contribution < 1.29 is 13.9 Å². The van der Waals surface area contributed by atoms with Crippen molar-refractivity contribution in [2.24, 2.45) is 0 Å². The van der Waals surface area contributed by atoms with E-state index in [1.807, 2.05) is 0 Å². The molecule has 2 aromatic rings. The van der Waals surface area contributed by atoms with Crippen LogP contribution in [0.1, 0.15) is 16.7 Å². The molecule has 0 fully saturated rings. The summed E-state index contributed by atoms with van der Waals surface area (Å²) in [5.74, 6) is 0.934. The number of benzene rings is 2. The minimum atomic E-state index is -0.359. The third kappa shape index (κ3) is 3.65. The zero-order valence-electron chi connectivity index (χ0n) is 11.4. The SMILES string of the molecule is COc1ccc(C#N)cc1COc1ccc(F)cc1CCl. The lowest BCUT2D eigenvalue weighted by atomic mass is 10.1. The van der Waals surface area contributed by atoms with Crippen molar-refractivity contribution in [2.45, 2.75) is 12.5 Å². The van der Waals surface area contributed by atoms with Crippen LogP contribution in [0.5, 0.6) is 11.5 Å². The van der Waals surface area contributed by atoms with Gasteiger partial charge < -0.3 is 9.47 Å². The monoisotopic (exact) mass is 305 g/mol. The Morgan fingerprint density at radius 2 is 1.90 bits per heavy atom. The van der Waals surface area contributed by atoms with E-state index in [4.69, 9.17) is 26.3 Å². The lowest BCUT2D eigenvalue weighted by molar-refractivity contribution is 0.294. The minimum Gasteiger partial charge on any atom is -0.496 e. The number of hydrogen-bond acceptors (Lipinski definition) is 3. The van der Waals surface area contributed by atoms with Gasteiger partial charge in [0, 0.05) is 11.1 Å². The summed E-state index contributed by atoms with van der Waals surface area (Å²) in [6.07, 6.45) is 0. The molecule has 0 aromatic heterocycles. The maximum atomic E-state index is 13.1. The molecule has 21 heavy (non-hydrogen) atoms. The van der Waals surface area contributed by atoms with Crippen molar-refractivity contribution in [1.82, 2.24) is 0 Å². The fourth-order valence-electron chi connectivity index (χ4n) is 1.91. The Morgan fingerprint density at radius 3 is 2.57 bits per heavy atom. The van der Waals surface area contributed by atoms with Gasteiger partial charge in [-0.25, -0.2) is 4.39 Å². The molecule has 0 spiro atoms. The molecule has 0 N–H and O–H groups in total. The lowest BCUT2D eigenvalue weighted by Crippen LogP contribution is -2.01. The molecule has 2 rings (SSSR count). The summed E-state index contributed by atoms with van der Waals surface area (Å²) >= 11 is 5.78. The van der Waals surface area contributed by atoms with Crippen molar-refractivity contribution in [3.8, 4) is 17.6 Å². The van der Waals surface area contributed by atoms with Crippen LogP contribution in [-0.2, 0) is 12.5 Å². The Balaban J connectivity index is 2.22. The normalized spacial score (nSPS) is 10.0. The van der Waals surface area contributed by atoms with Crippen LogP contribution in [0.3, 0.4) is 0 Å². The zero-order valence-corrected chi connectivity index (χ0v) is 12.2. The first-order valence-electron chi connectivity index (χ1n) is 6.22. The standard InChI is InChI=1S/C16H13ClFNO2/c1-20-15-4-2-11(9-19)6-13(15)10-21-16-5-3-14(18)7-12(16)8-17/h2-7H,8,10H2,1H3. The predicted molar refractivity (Wildman–Crippen MR) is 78.0 cm³/mol. The zero-order chi connectivity index (χ0) is 15.2. The van der Waals surface area contributed by atoms with Crippen molar-refractivity contribution in [2.75, 3.05) is 7.11 Å². The molecule has 0 saturated carbocycles. The average molecular weight is 306 g/mol. The molecule has 3 nitrogen and oxygen atoms in total. The van der Waals surface area contributed by atoms with E-state index in [9.17, 15) is 4.39 Å². The molecule has 0 bridgehead atoms. The maximum absolute atomic E-state index is 13.1. The highest BCUT2D eigenvalue weighted by molar-refractivity contribution is 6.17. The van der Waals surface area contributed by atoms with Crippen LogP contribution >= 0.6 is 11.6 Å². The van der Waals surface area contributed by atoms with Crippen LogP contribution in [-0.4, -0.2) is 7.11 Å². The number of halogens is 2. The van der Waals surface area contributed by atoms with Gasteiger partial charge >= 0.3 is 0 Å². The Bertz CT molecular complexity index is 682. The number of methoxy groups -OCH3 is 1. The summed E-state index contributed by atoms with van der Waals surface area (Å²) in [6, 6.07) is 11.3. The summed E-state index contributed by atoms with van der Waals surface area (Å²) in [5, 5.41) is 8.93. The van der Waals surface area contributed by atoms with Crippen molar-refractivity contribution in [3.63, 3.8) is 0 Å². The number of nitrogens with zero attached hydrogens (tertiary/aromatic N) is 1. The van der Waals surface area contributed by atoms with Gasteiger partial charge in [0.05, 0.1) is 24.6 Å². The lowest BCUT2D eigenvalue weighted by Gasteiger charge is -2.12. The van der Waals surface area contributed by atoms with Crippen LogP contribution in [0.4, 0.5) is 4.39 Å². The number of hydrogen-bond donors (Lipinski definition) is 0.